The number of anilines is 1. The van der Waals surface area contributed by atoms with Crippen molar-refractivity contribution in [2.75, 3.05) is 25.0 Å². The number of piperidine rings is 1. The Kier molecular flexibility index (Phi) is 6.23. The molecule has 0 aromatic carbocycles. The maximum absolute atomic E-state index is 5.57. The summed E-state index contributed by atoms with van der Waals surface area (Å²) in [4.78, 5) is 10.9. The summed E-state index contributed by atoms with van der Waals surface area (Å²) in [6.07, 6.45) is 6.89. The van der Waals surface area contributed by atoms with E-state index >= 15 is 0 Å². The lowest BCUT2D eigenvalue weighted by molar-refractivity contribution is 0.160. The average Bonchev–Trinajstić information content (AvgIpc) is 2.45. The zero-order chi connectivity index (χ0) is 15.1. The van der Waals surface area contributed by atoms with E-state index in [1.807, 2.05) is 19.9 Å². The van der Waals surface area contributed by atoms with Crippen molar-refractivity contribution in [3.63, 3.8) is 0 Å². The molecule has 0 radical (unpaired) electrons. The summed E-state index contributed by atoms with van der Waals surface area (Å²) in [5, 5.41) is 3.35. The fraction of sp³-hybridized carbons (Fsp3) is 0.750. The zero-order valence-electron chi connectivity index (χ0n) is 13.5. The van der Waals surface area contributed by atoms with Crippen LogP contribution < -0.4 is 10.1 Å². The third kappa shape index (κ3) is 5.50. The summed E-state index contributed by atoms with van der Waals surface area (Å²) < 4.78 is 5.57. The van der Waals surface area contributed by atoms with E-state index in [1.165, 1.54) is 25.8 Å². The summed E-state index contributed by atoms with van der Waals surface area (Å²) in [6.45, 7) is 9.67. The summed E-state index contributed by atoms with van der Waals surface area (Å²) in [7, 11) is 0. The van der Waals surface area contributed by atoms with Crippen LogP contribution in [0.15, 0.2) is 12.4 Å². The fourth-order valence-corrected chi connectivity index (χ4v) is 2.73. The maximum Gasteiger partial charge on any atom is 0.218 e. The normalized spacial score (nSPS) is 19.7. The summed E-state index contributed by atoms with van der Waals surface area (Å²) >= 11 is 0. The molecule has 1 atom stereocenters. The number of nitrogens with zero attached hydrogens (tertiary/aromatic N) is 3. The Hall–Kier alpha value is -1.36. The number of rotatable bonds is 7. The molecular weight excluding hydrogens is 264 g/mol. The topological polar surface area (TPSA) is 50.3 Å². The van der Waals surface area contributed by atoms with Crippen LogP contribution in [0.4, 0.5) is 5.82 Å². The summed E-state index contributed by atoms with van der Waals surface area (Å²) in [5.41, 5.74) is 0. The molecule has 1 saturated heterocycles. The van der Waals surface area contributed by atoms with Crippen molar-refractivity contribution < 1.29 is 4.74 Å². The zero-order valence-corrected chi connectivity index (χ0v) is 13.5. The quantitative estimate of drug-likeness (QED) is 0.783. The van der Waals surface area contributed by atoms with Crippen LogP contribution in [0.1, 0.15) is 46.5 Å². The third-order valence-corrected chi connectivity index (χ3v) is 3.87. The minimum atomic E-state index is 0.133. The molecular formula is C16H28N4O. The van der Waals surface area contributed by atoms with Crippen LogP contribution in [0, 0.1) is 0 Å². The van der Waals surface area contributed by atoms with E-state index in [0.29, 0.717) is 5.88 Å². The van der Waals surface area contributed by atoms with Gasteiger partial charge in [0.15, 0.2) is 0 Å². The minimum Gasteiger partial charge on any atom is -0.475 e. The molecule has 0 saturated carbocycles. The monoisotopic (exact) mass is 292 g/mol. The Bertz CT molecular complexity index is 424. The molecule has 5 heteroatoms. The van der Waals surface area contributed by atoms with Crippen LogP contribution in [-0.4, -0.2) is 46.6 Å². The van der Waals surface area contributed by atoms with Gasteiger partial charge in [-0.1, -0.05) is 6.42 Å². The summed E-state index contributed by atoms with van der Waals surface area (Å²) in [6, 6.07) is 2.60. The molecule has 1 unspecified atom stereocenters. The lowest BCUT2D eigenvalue weighted by Crippen LogP contribution is -2.38. The van der Waals surface area contributed by atoms with Crippen molar-refractivity contribution in [2.24, 2.45) is 0 Å². The van der Waals surface area contributed by atoms with E-state index in [9.17, 15) is 0 Å². The smallest absolute Gasteiger partial charge is 0.218 e. The highest BCUT2D eigenvalue weighted by molar-refractivity contribution is 5.36. The Balaban J connectivity index is 1.70. The Morgan fingerprint density at radius 1 is 1.38 bits per heavy atom. The molecule has 0 spiro atoms. The van der Waals surface area contributed by atoms with Crippen molar-refractivity contribution in [1.29, 1.82) is 0 Å². The fourth-order valence-electron chi connectivity index (χ4n) is 2.73. The van der Waals surface area contributed by atoms with Gasteiger partial charge >= 0.3 is 0 Å². The number of ether oxygens (including phenoxy) is 1. The van der Waals surface area contributed by atoms with E-state index in [1.54, 1.807) is 6.33 Å². The lowest BCUT2D eigenvalue weighted by atomic mass is 10.0. The van der Waals surface area contributed by atoms with Gasteiger partial charge < -0.3 is 15.0 Å². The Labute approximate surface area is 128 Å². The van der Waals surface area contributed by atoms with Gasteiger partial charge in [-0.15, -0.1) is 0 Å². The summed E-state index contributed by atoms with van der Waals surface area (Å²) in [5.74, 6) is 1.47. The van der Waals surface area contributed by atoms with Gasteiger partial charge in [0.25, 0.3) is 0 Å². The molecule has 0 amide bonds. The van der Waals surface area contributed by atoms with Gasteiger partial charge in [-0.2, -0.15) is 0 Å². The molecule has 5 nitrogen and oxygen atoms in total. The predicted molar refractivity (Wildman–Crippen MR) is 85.8 cm³/mol. The highest BCUT2D eigenvalue weighted by Crippen LogP contribution is 2.16. The molecule has 1 N–H and O–H groups in total. The average molecular weight is 292 g/mol. The molecule has 0 bridgehead atoms. The first kappa shape index (κ1) is 16.0. The molecule has 1 aromatic heterocycles. The number of nitrogens with one attached hydrogen (secondary N) is 1. The number of hydrogen-bond donors (Lipinski definition) is 1. The molecule has 2 heterocycles. The first-order valence-corrected chi connectivity index (χ1v) is 8.12. The predicted octanol–water partition coefficient (Wildman–Crippen LogP) is 2.94. The van der Waals surface area contributed by atoms with E-state index in [4.69, 9.17) is 4.74 Å². The molecule has 1 aliphatic heterocycles. The van der Waals surface area contributed by atoms with Gasteiger partial charge in [0.05, 0.1) is 6.10 Å². The van der Waals surface area contributed by atoms with Crippen LogP contribution in [-0.2, 0) is 0 Å². The molecule has 1 aliphatic rings. The van der Waals surface area contributed by atoms with Gasteiger partial charge in [-0.3, -0.25) is 0 Å². The van der Waals surface area contributed by atoms with Gasteiger partial charge in [-0.05, 0) is 46.6 Å². The van der Waals surface area contributed by atoms with Crippen molar-refractivity contribution in [1.82, 2.24) is 14.9 Å². The molecule has 0 aliphatic carbocycles. The van der Waals surface area contributed by atoms with E-state index in [0.717, 1.165) is 31.4 Å². The second-order valence-electron chi connectivity index (χ2n) is 6.07. The van der Waals surface area contributed by atoms with Crippen molar-refractivity contribution >= 4 is 5.82 Å². The van der Waals surface area contributed by atoms with E-state index < -0.39 is 0 Å². The second kappa shape index (κ2) is 8.17. The molecule has 1 fully saturated rings. The van der Waals surface area contributed by atoms with Crippen LogP contribution in [0.2, 0.25) is 0 Å². The highest BCUT2D eigenvalue weighted by atomic mass is 16.5. The standard InChI is InChI=1S/C16H28N4O/c1-13(2)21-16-11-15(18-12-19-16)17-8-6-10-20-9-5-4-7-14(20)3/h11-14H,4-10H2,1-3H3,(H,17,18,19). The first-order valence-electron chi connectivity index (χ1n) is 8.12. The van der Waals surface area contributed by atoms with Gasteiger partial charge in [0.1, 0.15) is 12.1 Å². The SMILES string of the molecule is CC(C)Oc1cc(NCCCN2CCCCC2C)ncn1. The van der Waals surface area contributed by atoms with Crippen LogP contribution in [0.5, 0.6) is 5.88 Å². The van der Waals surface area contributed by atoms with Gasteiger partial charge in [-0.25, -0.2) is 9.97 Å². The molecule has 2 rings (SSSR count). The van der Waals surface area contributed by atoms with Crippen LogP contribution >= 0.6 is 0 Å². The molecule has 118 valence electrons. The van der Waals surface area contributed by atoms with Crippen molar-refractivity contribution in [3.05, 3.63) is 12.4 Å². The number of likely N-dealkylation sites (tertiary alicyclic amines) is 1. The van der Waals surface area contributed by atoms with Crippen molar-refractivity contribution in [2.45, 2.75) is 58.6 Å². The van der Waals surface area contributed by atoms with Gasteiger partial charge in [0, 0.05) is 25.2 Å². The largest absolute Gasteiger partial charge is 0.475 e. The Morgan fingerprint density at radius 3 is 3.00 bits per heavy atom. The van der Waals surface area contributed by atoms with E-state index in [-0.39, 0.29) is 6.10 Å². The highest BCUT2D eigenvalue weighted by Gasteiger charge is 2.16. The molecule has 21 heavy (non-hydrogen) atoms. The lowest BCUT2D eigenvalue weighted by Gasteiger charge is -2.33. The van der Waals surface area contributed by atoms with Gasteiger partial charge in [0.2, 0.25) is 5.88 Å². The third-order valence-electron chi connectivity index (χ3n) is 3.87. The number of aromatic nitrogens is 2. The Morgan fingerprint density at radius 2 is 2.24 bits per heavy atom. The van der Waals surface area contributed by atoms with Crippen LogP contribution in [0.25, 0.3) is 0 Å². The molecule has 1 aromatic rings. The second-order valence-corrected chi connectivity index (χ2v) is 6.07. The van der Waals surface area contributed by atoms with E-state index in [2.05, 4.69) is 27.1 Å². The first-order chi connectivity index (χ1) is 10.1. The minimum absolute atomic E-state index is 0.133. The van der Waals surface area contributed by atoms with Crippen LogP contribution in [0.3, 0.4) is 0 Å². The van der Waals surface area contributed by atoms with Crippen molar-refractivity contribution in [3.8, 4) is 5.88 Å². The number of hydrogen-bond acceptors (Lipinski definition) is 5. The maximum atomic E-state index is 5.57.